The predicted molar refractivity (Wildman–Crippen MR) is 442 cm³/mol. The van der Waals surface area contributed by atoms with Crippen molar-refractivity contribution in [3.8, 4) is 11.5 Å². The first-order chi connectivity index (χ1) is 58.1. The minimum atomic E-state index is -4.95. The van der Waals surface area contributed by atoms with Crippen molar-refractivity contribution in [2.75, 3.05) is 51.6 Å². The lowest BCUT2D eigenvalue weighted by atomic mass is 9.89. The zero-order valence-corrected chi connectivity index (χ0v) is 68.5. The lowest BCUT2D eigenvalue weighted by Gasteiger charge is -2.57. The maximum atomic E-state index is 15.9. The van der Waals surface area contributed by atoms with Crippen molar-refractivity contribution in [2.45, 2.75) is 164 Å². The van der Waals surface area contributed by atoms with E-state index in [1.165, 1.54) is 13.8 Å². The molecule has 10 aromatic rings. The molecule has 119 heavy (non-hydrogen) atoms. The van der Waals surface area contributed by atoms with Gasteiger partial charge in [-0.2, -0.15) is 16.8 Å². The van der Waals surface area contributed by atoms with E-state index in [9.17, 15) is 5.11 Å². The summed E-state index contributed by atoms with van der Waals surface area (Å²) in [6.07, 6.45) is -20.4. The van der Waals surface area contributed by atoms with Crippen LogP contribution in [0.25, 0.3) is 0 Å². The van der Waals surface area contributed by atoms with Gasteiger partial charge in [-0.15, -0.1) is 0 Å². The summed E-state index contributed by atoms with van der Waals surface area (Å²) in [5.74, 6) is -6.89. The minimum Gasteiger partial charge on any atom is -0.497 e. The fraction of sp³-hybridized carbons (Fsp3) is 0.362. The third-order valence-electron chi connectivity index (χ3n) is 20.4. The Hall–Kier alpha value is -8.98. The van der Waals surface area contributed by atoms with Crippen LogP contribution in [0.3, 0.4) is 0 Å². The van der Waals surface area contributed by atoms with Crippen molar-refractivity contribution in [1.29, 1.82) is 0 Å². The maximum Gasteiger partial charge on any atom is 0.272 e. The first-order valence-electron chi connectivity index (χ1n) is 40.0. The number of aliphatic hydroxyl groups is 1. The van der Waals surface area contributed by atoms with Gasteiger partial charge in [0.25, 0.3) is 20.2 Å². The van der Waals surface area contributed by atoms with Crippen LogP contribution in [-0.4, -0.2) is 165 Å². The summed E-state index contributed by atoms with van der Waals surface area (Å²) in [6.45, 7) is 0.181. The zero-order chi connectivity index (χ0) is 82.5. The van der Waals surface area contributed by atoms with Crippen molar-refractivity contribution in [2.24, 2.45) is 0 Å². The summed E-state index contributed by atoms with van der Waals surface area (Å²) in [4.78, 5) is 0. The number of methoxy groups -OCH3 is 1. The van der Waals surface area contributed by atoms with Gasteiger partial charge in [0.2, 0.25) is 17.9 Å². The largest absolute Gasteiger partial charge is 0.497 e. The highest BCUT2D eigenvalue weighted by atomic mass is 32.2. The molecule has 3 aliphatic rings. The predicted octanol–water partition coefficient (Wildman–Crippen LogP) is 14.0. The molecule has 3 aliphatic heterocycles. The van der Waals surface area contributed by atoms with E-state index < -0.39 is 129 Å². The van der Waals surface area contributed by atoms with Crippen molar-refractivity contribution < 1.29 is 106 Å². The molecule has 0 bridgehead atoms. The average molecular weight is 1670 g/mol. The van der Waals surface area contributed by atoms with E-state index in [1.807, 2.05) is 273 Å². The van der Waals surface area contributed by atoms with Crippen molar-refractivity contribution >= 4 is 20.2 Å². The molecular formula is C94H104O23S2. The molecule has 10 aromatic carbocycles. The van der Waals surface area contributed by atoms with Gasteiger partial charge in [0.1, 0.15) is 96.3 Å². The Labute approximate surface area is 697 Å². The molecule has 23 nitrogen and oxygen atoms in total. The molecule has 0 amide bonds. The van der Waals surface area contributed by atoms with E-state index in [0.29, 0.717) is 33.8 Å². The Morgan fingerprint density at radius 2 is 0.605 bits per heavy atom. The SMILES string of the molecule is CCOS(=O)(=O)C[C@]1(O[C@H]2[C@H](OCc3ccccc3)[C@@H](OCc3ccccc3)[C@@](CS(=O)(=O)OCC)(O[C@H]3[C@H](OCc4ccccc4)[C@@H](OCc4ccccc4)[C@H](Oc4ccc(OC)cc4)O[C@@H]3COCc3ccccc3)O[C@@H]2COCc2ccccc2)O[C@H](COCc2ccccc2)[C@@H](O)[C@H](OCc2ccccc2)[C@H]1OCc1ccccc1. The lowest BCUT2D eigenvalue weighted by molar-refractivity contribution is -0.436. The molecule has 3 heterocycles. The van der Waals surface area contributed by atoms with Crippen LogP contribution in [0.5, 0.6) is 11.5 Å². The molecule has 25 heteroatoms. The molecule has 3 fully saturated rings. The third kappa shape index (κ3) is 25.1. The molecule has 0 radical (unpaired) electrons. The second kappa shape index (κ2) is 44.0. The van der Waals surface area contributed by atoms with E-state index in [2.05, 4.69) is 0 Å². The molecule has 3 saturated heterocycles. The van der Waals surface area contributed by atoms with Gasteiger partial charge in [-0.3, -0.25) is 8.37 Å². The van der Waals surface area contributed by atoms with Gasteiger partial charge in [-0.1, -0.05) is 273 Å². The van der Waals surface area contributed by atoms with Crippen LogP contribution in [0, 0.1) is 0 Å². The summed E-state index contributed by atoms with van der Waals surface area (Å²) in [5.41, 5.74) is 6.38. The molecular weight excluding hydrogens is 1560 g/mol. The van der Waals surface area contributed by atoms with Gasteiger partial charge in [0.05, 0.1) is 99.6 Å². The zero-order valence-electron chi connectivity index (χ0n) is 66.9. The lowest BCUT2D eigenvalue weighted by Crippen LogP contribution is -2.76. The molecule has 0 spiro atoms. The summed E-state index contributed by atoms with van der Waals surface area (Å²) < 4.78 is 190. The molecule has 0 aliphatic carbocycles. The van der Waals surface area contributed by atoms with Gasteiger partial charge >= 0.3 is 0 Å². The normalized spacial score (nSPS) is 24.6. The summed E-state index contributed by atoms with van der Waals surface area (Å²) >= 11 is 0. The highest BCUT2D eigenvalue weighted by Gasteiger charge is 2.67. The summed E-state index contributed by atoms with van der Waals surface area (Å²) in [6, 6.07) is 90.9. The smallest absolute Gasteiger partial charge is 0.272 e. The topological polar surface area (TPSA) is 255 Å². The minimum absolute atomic E-state index is 0.0301. The summed E-state index contributed by atoms with van der Waals surface area (Å²) in [7, 11) is -8.27. The second-order valence-electron chi connectivity index (χ2n) is 29.1. The molecule has 0 unspecified atom stereocenters. The van der Waals surface area contributed by atoms with Crippen molar-refractivity contribution in [1.82, 2.24) is 0 Å². The quantitative estimate of drug-likeness (QED) is 0.0348. The Kier molecular flexibility index (Phi) is 32.5. The van der Waals surface area contributed by atoms with Crippen LogP contribution in [0.2, 0.25) is 0 Å². The van der Waals surface area contributed by atoms with Crippen LogP contribution in [0.15, 0.2) is 297 Å². The first kappa shape index (κ1) is 87.8. The van der Waals surface area contributed by atoms with Crippen molar-refractivity contribution in [3.05, 3.63) is 347 Å². The van der Waals surface area contributed by atoms with Crippen LogP contribution in [0.4, 0.5) is 0 Å². The monoisotopic (exact) mass is 1660 g/mol. The number of aliphatic hydroxyl groups excluding tert-OH is 1. The fourth-order valence-corrected chi connectivity index (χ4v) is 17.2. The molecule has 13 rings (SSSR count). The van der Waals surface area contributed by atoms with E-state index >= 15 is 16.8 Å². The second-order valence-corrected chi connectivity index (χ2v) is 32.4. The number of hydrogen-bond acceptors (Lipinski definition) is 23. The van der Waals surface area contributed by atoms with Crippen LogP contribution < -0.4 is 9.47 Å². The van der Waals surface area contributed by atoms with Gasteiger partial charge in [-0.25, -0.2) is 0 Å². The van der Waals surface area contributed by atoms with E-state index in [4.69, 9.17) is 84.2 Å². The van der Waals surface area contributed by atoms with Gasteiger partial charge in [0.15, 0.2) is 0 Å². The standard InChI is InChI=1S/C94H104O23S2/c1-4-110-118(96,97)67-93(90(108-62-76-47-29-13-30-48-76)86(104-58-72-39-21-9-22-40-72)83(95)80(114-93)64-101-55-69-33-15-6-16-34-69)117-85-82(66-103-57-71-37-19-8-20-38-71)115-94(68-119(98,99)111-5-2,91(109-63-77-49-31-14-32-50-77)88(85)106-60-74-43-25-11-26-44-74)116-84-81(65-102-56-70-35-17-7-18-36-70)113-92(112-79-53-51-78(100-3)52-54-79)89(107-61-75-45-27-12-28-46-75)87(84)105-59-73-41-23-10-24-42-73/h6-54,80-92,95H,4-5,55-68H2,1-3H3/t80-,81-,82-,83-,84-,85-,86+,87+,88+,89-,90-,91-,92-,93-,94-/m1/s1. The van der Waals surface area contributed by atoms with Crippen LogP contribution in [0.1, 0.15) is 63.9 Å². The van der Waals surface area contributed by atoms with Gasteiger partial charge < -0.3 is 80.9 Å². The Morgan fingerprint density at radius 1 is 0.319 bits per heavy atom. The number of rotatable bonds is 45. The van der Waals surface area contributed by atoms with Crippen molar-refractivity contribution in [3.63, 3.8) is 0 Å². The average Bonchev–Trinajstić information content (AvgIpc) is 0.723. The third-order valence-corrected chi connectivity index (χ3v) is 23.1. The van der Waals surface area contributed by atoms with E-state index in [-0.39, 0.29) is 85.9 Å². The summed E-state index contributed by atoms with van der Waals surface area (Å²) in [5, 5.41) is 13.3. The number of hydrogen-bond donors (Lipinski definition) is 1. The molecule has 630 valence electrons. The highest BCUT2D eigenvalue weighted by molar-refractivity contribution is 7.87. The maximum absolute atomic E-state index is 15.9. The molecule has 0 aromatic heterocycles. The Balaban J connectivity index is 1.05. The van der Waals surface area contributed by atoms with E-state index in [1.54, 1.807) is 31.4 Å². The first-order valence-corrected chi connectivity index (χ1v) is 43.2. The Bertz CT molecular complexity index is 4800. The van der Waals surface area contributed by atoms with Crippen LogP contribution >= 0.6 is 0 Å². The van der Waals surface area contributed by atoms with Crippen LogP contribution in [-0.2, 0) is 154 Å². The Morgan fingerprint density at radius 3 is 0.966 bits per heavy atom. The number of ether oxygens (including phenoxy) is 16. The van der Waals surface area contributed by atoms with Gasteiger partial charge in [-0.05, 0) is 88.2 Å². The highest BCUT2D eigenvalue weighted by Crippen LogP contribution is 2.47. The molecule has 0 saturated carbocycles. The molecule has 15 atom stereocenters. The van der Waals surface area contributed by atoms with E-state index in [0.717, 1.165) is 27.8 Å². The fourth-order valence-electron chi connectivity index (χ4n) is 14.8. The number of benzene rings is 10. The molecule has 1 N–H and O–H groups in total. The van der Waals surface area contributed by atoms with Gasteiger partial charge in [0, 0.05) is 0 Å².